The second-order valence-corrected chi connectivity index (χ2v) is 5.83. The van der Waals surface area contributed by atoms with E-state index < -0.39 is 0 Å². The number of oxime groups is 1. The summed E-state index contributed by atoms with van der Waals surface area (Å²) in [6.07, 6.45) is 3.61. The molecule has 0 atom stereocenters. The van der Waals surface area contributed by atoms with E-state index in [4.69, 9.17) is 10.9 Å². The molecule has 1 aromatic heterocycles. The van der Waals surface area contributed by atoms with Crippen LogP contribution in [0, 0.1) is 0 Å². The summed E-state index contributed by atoms with van der Waals surface area (Å²) in [6.45, 7) is 0. The highest BCUT2D eigenvalue weighted by Gasteiger charge is 2.11. The van der Waals surface area contributed by atoms with Crippen molar-refractivity contribution in [3.8, 4) is 0 Å². The van der Waals surface area contributed by atoms with E-state index >= 15 is 0 Å². The summed E-state index contributed by atoms with van der Waals surface area (Å²) in [7, 11) is 0. The quantitative estimate of drug-likeness (QED) is 0.394. The summed E-state index contributed by atoms with van der Waals surface area (Å²) < 4.78 is 0. The molecule has 3 N–H and O–H groups in total. The highest BCUT2D eigenvalue weighted by molar-refractivity contribution is 7.99. The fraction of sp³-hybridized carbons (Fsp3) is 0.200. The van der Waals surface area contributed by atoms with Crippen LogP contribution in [-0.4, -0.2) is 16.0 Å². The van der Waals surface area contributed by atoms with Crippen LogP contribution >= 0.6 is 11.8 Å². The zero-order valence-electron chi connectivity index (χ0n) is 10.9. The number of aromatic nitrogens is 1. The second kappa shape index (κ2) is 5.54. The van der Waals surface area contributed by atoms with Gasteiger partial charge in [0, 0.05) is 4.90 Å². The number of benzene rings is 1. The van der Waals surface area contributed by atoms with E-state index in [1.165, 1.54) is 35.3 Å². The Balaban J connectivity index is 1.84. The van der Waals surface area contributed by atoms with Crippen LogP contribution in [0.3, 0.4) is 0 Å². The summed E-state index contributed by atoms with van der Waals surface area (Å²) in [5.74, 6) is 0.0291. The molecule has 3 rings (SSSR count). The maximum atomic E-state index is 8.69. The molecule has 4 nitrogen and oxygen atoms in total. The van der Waals surface area contributed by atoms with Crippen molar-refractivity contribution >= 4 is 17.6 Å². The van der Waals surface area contributed by atoms with E-state index in [0.29, 0.717) is 5.69 Å². The summed E-state index contributed by atoms with van der Waals surface area (Å²) in [5.41, 5.74) is 8.96. The van der Waals surface area contributed by atoms with Gasteiger partial charge in [-0.05, 0) is 54.7 Å². The molecule has 0 aliphatic heterocycles. The number of nitrogens with two attached hydrogens (primary N) is 1. The Morgan fingerprint density at radius 3 is 2.90 bits per heavy atom. The van der Waals surface area contributed by atoms with E-state index in [9.17, 15) is 0 Å². The minimum absolute atomic E-state index is 0.0291. The average Bonchev–Trinajstić information content (AvgIpc) is 2.94. The van der Waals surface area contributed by atoms with Gasteiger partial charge in [0.15, 0.2) is 5.84 Å². The van der Waals surface area contributed by atoms with Gasteiger partial charge >= 0.3 is 0 Å². The molecule has 0 saturated heterocycles. The number of pyridine rings is 1. The Labute approximate surface area is 121 Å². The molecule has 0 amide bonds. The fourth-order valence-corrected chi connectivity index (χ4v) is 3.27. The number of amidine groups is 1. The van der Waals surface area contributed by atoms with E-state index in [1.807, 2.05) is 12.1 Å². The number of rotatable bonds is 3. The van der Waals surface area contributed by atoms with E-state index in [2.05, 4.69) is 28.3 Å². The van der Waals surface area contributed by atoms with Crippen LogP contribution in [0.1, 0.15) is 23.2 Å². The van der Waals surface area contributed by atoms with Crippen molar-refractivity contribution in [1.29, 1.82) is 0 Å². The maximum Gasteiger partial charge on any atom is 0.188 e. The lowest BCUT2D eigenvalue weighted by atomic mass is 10.1. The van der Waals surface area contributed by atoms with Gasteiger partial charge in [0.05, 0.1) is 0 Å². The van der Waals surface area contributed by atoms with E-state index in [0.717, 1.165) is 5.03 Å². The Kier molecular flexibility index (Phi) is 3.60. The second-order valence-electron chi connectivity index (χ2n) is 4.73. The number of aryl methyl sites for hydroxylation is 2. The van der Waals surface area contributed by atoms with Crippen LogP contribution in [0.5, 0.6) is 0 Å². The lowest BCUT2D eigenvalue weighted by Gasteiger charge is -2.05. The van der Waals surface area contributed by atoms with Crippen LogP contribution < -0.4 is 5.73 Å². The smallest absolute Gasteiger partial charge is 0.188 e. The number of hydrogen-bond donors (Lipinski definition) is 2. The highest BCUT2D eigenvalue weighted by Crippen LogP contribution is 2.31. The Morgan fingerprint density at radius 2 is 2.05 bits per heavy atom. The molecule has 0 unspecified atom stereocenters. The molecule has 2 aromatic rings. The Hall–Kier alpha value is -2.01. The molecular weight excluding hydrogens is 270 g/mol. The van der Waals surface area contributed by atoms with Crippen molar-refractivity contribution in [1.82, 2.24) is 4.98 Å². The van der Waals surface area contributed by atoms with Crippen LogP contribution in [0.4, 0.5) is 0 Å². The van der Waals surface area contributed by atoms with Gasteiger partial charge < -0.3 is 10.9 Å². The van der Waals surface area contributed by atoms with Gasteiger partial charge in [-0.2, -0.15) is 0 Å². The summed E-state index contributed by atoms with van der Waals surface area (Å²) >= 11 is 1.59. The average molecular weight is 285 g/mol. The van der Waals surface area contributed by atoms with Gasteiger partial charge in [-0.3, -0.25) is 0 Å². The zero-order valence-corrected chi connectivity index (χ0v) is 11.7. The first-order valence-electron chi connectivity index (χ1n) is 6.51. The van der Waals surface area contributed by atoms with Crippen molar-refractivity contribution in [2.24, 2.45) is 10.9 Å². The van der Waals surface area contributed by atoms with Gasteiger partial charge in [0.1, 0.15) is 10.7 Å². The molecule has 0 bridgehead atoms. The Morgan fingerprint density at radius 1 is 1.20 bits per heavy atom. The monoisotopic (exact) mass is 285 g/mol. The minimum atomic E-state index is 0.0291. The van der Waals surface area contributed by atoms with Gasteiger partial charge in [0.2, 0.25) is 0 Å². The fourth-order valence-electron chi connectivity index (χ4n) is 2.40. The third-order valence-corrected chi connectivity index (χ3v) is 4.31. The van der Waals surface area contributed by atoms with E-state index in [-0.39, 0.29) is 5.84 Å². The molecule has 1 aliphatic rings. The summed E-state index contributed by atoms with van der Waals surface area (Å²) in [4.78, 5) is 5.56. The molecule has 0 fully saturated rings. The SMILES string of the molecule is NC(=NO)c1cccc(Sc2ccc3c(c2)CCC3)n1. The van der Waals surface area contributed by atoms with Crippen molar-refractivity contribution in [2.45, 2.75) is 29.2 Å². The van der Waals surface area contributed by atoms with Gasteiger partial charge in [-0.15, -0.1) is 0 Å². The number of fused-ring (bicyclic) bond motifs is 1. The summed E-state index contributed by atoms with van der Waals surface area (Å²) in [6, 6.07) is 12.1. The van der Waals surface area contributed by atoms with Gasteiger partial charge in [-0.25, -0.2) is 4.98 Å². The molecule has 1 aliphatic carbocycles. The molecule has 102 valence electrons. The van der Waals surface area contributed by atoms with Crippen molar-refractivity contribution in [3.63, 3.8) is 0 Å². The molecule has 1 aromatic carbocycles. The molecular formula is C15H15N3OS. The number of nitrogens with zero attached hydrogens (tertiary/aromatic N) is 2. The van der Waals surface area contributed by atoms with E-state index in [1.54, 1.807) is 17.8 Å². The lowest BCUT2D eigenvalue weighted by molar-refractivity contribution is 0.318. The normalized spacial score (nSPS) is 14.3. The first-order chi connectivity index (χ1) is 9.76. The van der Waals surface area contributed by atoms with Gasteiger partial charge in [-0.1, -0.05) is 29.1 Å². The van der Waals surface area contributed by atoms with Gasteiger partial charge in [0.25, 0.3) is 0 Å². The molecule has 1 heterocycles. The van der Waals surface area contributed by atoms with Crippen LogP contribution in [0.2, 0.25) is 0 Å². The van der Waals surface area contributed by atoms with Crippen LogP contribution in [0.25, 0.3) is 0 Å². The van der Waals surface area contributed by atoms with Crippen molar-refractivity contribution in [2.75, 3.05) is 0 Å². The maximum absolute atomic E-state index is 8.69. The third kappa shape index (κ3) is 2.63. The van der Waals surface area contributed by atoms with Crippen LogP contribution in [0.15, 0.2) is 51.5 Å². The first kappa shape index (κ1) is 13.0. The predicted octanol–water partition coefficient (Wildman–Crippen LogP) is 2.82. The molecule has 5 heteroatoms. The minimum Gasteiger partial charge on any atom is -0.409 e. The number of hydrogen-bond acceptors (Lipinski definition) is 4. The highest BCUT2D eigenvalue weighted by atomic mass is 32.2. The molecule has 0 spiro atoms. The molecule has 0 saturated carbocycles. The standard InChI is InChI=1S/C15H15N3OS/c16-15(18-19)13-5-2-6-14(17-13)20-12-8-7-10-3-1-4-11(10)9-12/h2,5-9,19H,1,3-4H2,(H2,16,18). The molecule has 20 heavy (non-hydrogen) atoms. The van der Waals surface area contributed by atoms with Crippen molar-refractivity contribution in [3.05, 3.63) is 53.2 Å². The zero-order chi connectivity index (χ0) is 13.9. The largest absolute Gasteiger partial charge is 0.409 e. The van der Waals surface area contributed by atoms with Crippen LogP contribution in [-0.2, 0) is 12.8 Å². The topological polar surface area (TPSA) is 71.5 Å². The first-order valence-corrected chi connectivity index (χ1v) is 7.32. The molecule has 0 radical (unpaired) electrons. The lowest BCUT2D eigenvalue weighted by Crippen LogP contribution is -2.14. The predicted molar refractivity (Wildman–Crippen MR) is 79.3 cm³/mol. The summed E-state index contributed by atoms with van der Waals surface area (Å²) in [5, 5.41) is 12.5. The Bertz CT molecular complexity index is 670. The van der Waals surface area contributed by atoms with Crippen molar-refractivity contribution < 1.29 is 5.21 Å². The third-order valence-electron chi connectivity index (χ3n) is 3.39.